The molecule has 0 unspecified atom stereocenters. The van der Waals surface area contributed by atoms with Crippen LogP contribution < -0.4 is 5.32 Å². The summed E-state index contributed by atoms with van der Waals surface area (Å²) in [6, 6.07) is 15.4. The molecule has 1 spiro atoms. The third-order valence-electron chi connectivity index (χ3n) is 5.76. The topological polar surface area (TPSA) is 66.5 Å². The van der Waals surface area contributed by atoms with Crippen LogP contribution in [0.3, 0.4) is 0 Å². The zero-order valence-corrected chi connectivity index (χ0v) is 16.3. The highest BCUT2D eigenvalue weighted by atomic mass is 32.2. The molecule has 2 aliphatic heterocycles. The Bertz CT molecular complexity index is 980. The first-order chi connectivity index (χ1) is 13.4. The van der Waals surface area contributed by atoms with Gasteiger partial charge in [0.05, 0.1) is 11.3 Å². The van der Waals surface area contributed by atoms with E-state index in [0.29, 0.717) is 18.5 Å². The minimum Gasteiger partial charge on any atom is -0.349 e. The van der Waals surface area contributed by atoms with E-state index < -0.39 is 21.4 Å². The number of sulfonamides is 1. The molecule has 148 valence electrons. The summed E-state index contributed by atoms with van der Waals surface area (Å²) in [6.45, 7) is 0.553. The Kier molecular flexibility index (Phi) is 4.97. The molecule has 2 fully saturated rings. The predicted octanol–water partition coefficient (Wildman–Crippen LogP) is 2.79. The van der Waals surface area contributed by atoms with Crippen molar-refractivity contribution in [3.63, 3.8) is 0 Å². The summed E-state index contributed by atoms with van der Waals surface area (Å²) in [4.78, 5) is 12.2. The summed E-state index contributed by atoms with van der Waals surface area (Å²) in [5.74, 6) is -0.847. The smallest absolute Gasteiger partial charge is 0.220 e. The average Bonchev–Trinajstić information content (AvgIpc) is 3.01. The summed E-state index contributed by atoms with van der Waals surface area (Å²) < 4.78 is 41.1. The molecule has 4 rings (SSSR count). The number of halogens is 1. The van der Waals surface area contributed by atoms with Gasteiger partial charge in [-0.05, 0) is 36.1 Å². The number of benzene rings is 2. The fraction of sp³-hybridized carbons (Fsp3) is 0.381. The Morgan fingerprint density at radius 1 is 1.14 bits per heavy atom. The molecule has 2 atom stereocenters. The lowest BCUT2D eigenvalue weighted by Gasteiger charge is -2.39. The van der Waals surface area contributed by atoms with Gasteiger partial charge in [0.15, 0.2) is 0 Å². The standard InChI is InChI=1S/C21H23FN2O3S/c22-18-9-4-6-16(12-18)14-28(26,27)24-13-19(17-7-2-1-3-8-17)21(15-24)11-5-10-20(25)23-21/h1-4,6-9,12,19H,5,10-11,13-15H2,(H,23,25)/t19-,21+/m0/s1. The predicted molar refractivity (Wildman–Crippen MR) is 105 cm³/mol. The van der Waals surface area contributed by atoms with Crippen LogP contribution in [0, 0.1) is 5.82 Å². The van der Waals surface area contributed by atoms with Gasteiger partial charge in [-0.25, -0.2) is 12.8 Å². The van der Waals surface area contributed by atoms with Crippen LogP contribution in [0.25, 0.3) is 0 Å². The number of carbonyl (C=O) groups is 1. The minimum atomic E-state index is -3.65. The molecule has 2 aliphatic rings. The number of carbonyl (C=O) groups excluding carboxylic acids is 1. The maximum Gasteiger partial charge on any atom is 0.220 e. The van der Waals surface area contributed by atoms with E-state index in [1.54, 1.807) is 6.07 Å². The number of hydrogen-bond acceptors (Lipinski definition) is 3. The monoisotopic (exact) mass is 402 g/mol. The molecule has 1 N–H and O–H groups in total. The molecule has 0 radical (unpaired) electrons. The van der Waals surface area contributed by atoms with Gasteiger partial charge in [-0.1, -0.05) is 42.5 Å². The van der Waals surface area contributed by atoms with Gasteiger partial charge >= 0.3 is 0 Å². The lowest BCUT2D eigenvalue weighted by atomic mass is 9.76. The van der Waals surface area contributed by atoms with E-state index in [2.05, 4.69) is 5.32 Å². The highest BCUT2D eigenvalue weighted by Gasteiger charge is 2.52. The largest absolute Gasteiger partial charge is 0.349 e. The van der Waals surface area contributed by atoms with Crippen LogP contribution >= 0.6 is 0 Å². The first-order valence-corrected chi connectivity index (χ1v) is 11.1. The van der Waals surface area contributed by atoms with Gasteiger partial charge < -0.3 is 5.32 Å². The Labute approximate surface area is 164 Å². The summed E-state index contributed by atoms with van der Waals surface area (Å²) in [6.07, 6.45) is 1.95. The molecule has 28 heavy (non-hydrogen) atoms. The van der Waals surface area contributed by atoms with Gasteiger partial charge in [-0.2, -0.15) is 4.31 Å². The first kappa shape index (κ1) is 19.1. The SMILES string of the molecule is O=C1CCC[C@]2(CN(S(=O)(=O)Cc3cccc(F)c3)C[C@H]2c2ccccc2)N1. The average molecular weight is 402 g/mol. The maximum absolute atomic E-state index is 13.5. The van der Waals surface area contributed by atoms with Crippen molar-refractivity contribution in [3.05, 3.63) is 71.5 Å². The van der Waals surface area contributed by atoms with E-state index in [1.807, 2.05) is 30.3 Å². The van der Waals surface area contributed by atoms with Crippen molar-refractivity contribution in [2.45, 2.75) is 36.5 Å². The molecule has 1 amide bonds. The second-order valence-corrected chi connectivity index (χ2v) is 9.67. The van der Waals surface area contributed by atoms with Crippen LogP contribution in [0.15, 0.2) is 54.6 Å². The fourth-order valence-corrected chi connectivity index (χ4v) is 6.05. The second-order valence-electron chi connectivity index (χ2n) is 7.70. The van der Waals surface area contributed by atoms with Crippen molar-refractivity contribution in [3.8, 4) is 0 Å². The van der Waals surface area contributed by atoms with Crippen molar-refractivity contribution < 1.29 is 17.6 Å². The van der Waals surface area contributed by atoms with Crippen molar-refractivity contribution in [1.82, 2.24) is 9.62 Å². The highest BCUT2D eigenvalue weighted by Crippen LogP contribution is 2.42. The molecule has 0 aliphatic carbocycles. The fourth-order valence-electron chi connectivity index (χ4n) is 4.47. The van der Waals surface area contributed by atoms with Crippen molar-refractivity contribution in [2.24, 2.45) is 0 Å². The minimum absolute atomic E-state index is 0.0310. The molecule has 0 saturated carbocycles. The van der Waals surface area contributed by atoms with Crippen molar-refractivity contribution in [1.29, 1.82) is 0 Å². The Hall–Kier alpha value is -2.25. The summed E-state index contributed by atoms with van der Waals surface area (Å²) in [5.41, 5.74) is 0.851. The molecule has 5 nitrogen and oxygen atoms in total. The molecule has 2 saturated heterocycles. The van der Waals surface area contributed by atoms with Crippen LogP contribution in [-0.4, -0.2) is 37.3 Å². The second kappa shape index (κ2) is 7.29. The third-order valence-corrected chi connectivity index (χ3v) is 7.52. The van der Waals surface area contributed by atoms with E-state index in [-0.39, 0.29) is 24.1 Å². The Morgan fingerprint density at radius 2 is 1.93 bits per heavy atom. The van der Waals surface area contributed by atoms with Gasteiger partial charge in [0, 0.05) is 25.4 Å². The van der Waals surface area contributed by atoms with E-state index in [1.165, 1.54) is 22.5 Å². The number of hydrogen-bond donors (Lipinski definition) is 1. The number of piperidine rings is 1. The van der Waals surface area contributed by atoms with Gasteiger partial charge in [0.1, 0.15) is 5.82 Å². The van der Waals surface area contributed by atoms with Gasteiger partial charge in [-0.3, -0.25) is 4.79 Å². The van der Waals surface area contributed by atoms with Gasteiger partial charge in [0.2, 0.25) is 15.9 Å². The van der Waals surface area contributed by atoms with Crippen LogP contribution in [-0.2, 0) is 20.6 Å². The summed E-state index contributed by atoms with van der Waals surface area (Å²) >= 11 is 0. The lowest BCUT2D eigenvalue weighted by molar-refractivity contribution is -0.125. The van der Waals surface area contributed by atoms with Crippen molar-refractivity contribution in [2.75, 3.05) is 13.1 Å². The summed E-state index contributed by atoms with van der Waals surface area (Å²) in [5, 5.41) is 3.11. The molecule has 0 aromatic heterocycles. The van der Waals surface area contributed by atoms with Crippen molar-refractivity contribution >= 4 is 15.9 Å². The number of amides is 1. The van der Waals surface area contributed by atoms with E-state index in [9.17, 15) is 17.6 Å². The van der Waals surface area contributed by atoms with Crippen LogP contribution in [0.2, 0.25) is 0 Å². The molecule has 2 heterocycles. The normalized spacial score (nSPS) is 25.8. The molecule has 2 aromatic rings. The highest BCUT2D eigenvalue weighted by molar-refractivity contribution is 7.88. The van der Waals surface area contributed by atoms with Crippen LogP contribution in [0.1, 0.15) is 36.3 Å². The maximum atomic E-state index is 13.5. The van der Waals surface area contributed by atoms with Gasteiger partial charge in [-0.15, -0.1) is 0 Å². The van der Waals surface area contributed by atoms with Crippen LogP contribution in [0.5, 0.6) is 0 Å². The number of rotatable bonds is 4. The van der Waals surface area contributed by atoms with E-state index in [0.717, 1.165) is 18.4 Å². The molecule has 7 heteroatoms. The molecule has 2 aromatic carbocycles. The molecular formula is C21H23FN2O3S. The lowest BCUT2D eigenvalue weighted by Crippen LogP contribution is -2.56. The van der Waals surface area contributed by atoms with Gasteiger partial charge in [0.25, 0.3) is 0 Å². The quantitative estimate of drug-likeness (QED) is 0.855. The zero-order valence-electron chi connectivity index (χ0n) is 15.5. The Morgan fingerprint density at radius 3 is 2.64 bits per heavy atom. The summed E-state index contributed by atoms with van der Waals surface area (Å²) in [7, 11) is -3.65. The molecular weight excluding hydrogens is 379 g/mol. The number of nitrogens with one attached hydrogen (secondary N) is 1. The Balaban J connectivity index is 1.65. The van der Waals surface area contributed by atoms with E-state index >= 15 is 0 Å². The molecule has 0 bridgehead atoms. The first-order valence-electron chi connectivity index (χ1n) is 9.46. The van der Waals surface area contributed by atoms with E-state index in [4.69, 9.17) is 0 Å². The van der Waals surface area contributed by atoms with Crippen LogP contribution in [0.4, 0.5) is 4.39 Å². The number of nitrogens with zero attached hydrogens (tertiary/aromatic N) is 1. The third kappa shape index (κ3) is 3.69. The zero-order chi connectivity index (χ0) is 19.8.